The molecule has 2 aliphatic heterocycles. The number of oxime groups is 1. The normalized spacial score (nSPS) is 19.3. The van der Waals surface area contributed by atoms with Gasteiger partial charge in [-0.3, -0.25) is 0 Å². The molecule has 0 radical (unpaired) electrons. The van der Waals surface area contributed by atoms with E-state index in [1.165, 1.54) is 6.07 Å². The van der Waals surface area contributed by atoms with Crippen molar-refractivity contribution >= 4 is 23.5 Å². The summed E-state index contributed by atoms with van der Waals surface area (Å²) in [4.78, 5) is 12.1. The third-order valence-corrected chi connectivity index (χ3v) is 6.44. The van der Waals surface area contributed by atoms with Crippen molar-refractivity contribution < 1.29 is 14.0 Å². The summed E-state index contributed by atoms with van der Waals surface area (Å²) in [7, 11) is 1.67. The third-order valence-electron chi connectivity index (χ3n) is 6.22. The number of fused-ring (bicyclic) bond motifs is 1. The third kappa shape index (κ3) is 4.53. The first-order valence-corrected chi connectivity index (χ1v) is 11.7. The lowest BCUT2D eigenvalue weighted by molar-refractivity contribution is 0.140. The topological polar surface area (TPSA) is 51.9 Å². The number of halogens is 2. The number of ether oxygens (including phenoxy) is 1. The summed E-state index contributed by atoms with van der Waals surface area (Å²) in [6.45, 7) is 3.23. The largest absolute Gasteiger partial charge is 0.495 e. The van der Waals surface area contributed by atoms with Gasteiger partial charge in [-0.05, 0) is 72.9 Å². The fourth-order valence-electron chi connectivity index (χ4n) is 4.69. The van der Waals surface area contributed by atoms with Crippen molar-refractivity contribution in [3.63, 3.8) is 0 Å². The molecule has 0 saturated carbocycles. The van der Waals surface area contributed by atoms with Gasteiger partial charge in [0.15, 0.2) is 5.84 Å². The maximum absolute atomic E-state index is 14.1. The first-order chi connectivity index (χ1) is 16.5. The summed E-state index contributed by atoms with van der Waals surface area (Å²) in [5.41, 5.74) is 4.79. The van der Waals surface area contributed by atoms with Gasteiger partial charge in [0.05, 0.1) is 30.9 Å². The number of benzene rings is 2. The van der Waals surface area contributed by atoms with Crippen molar-refractivity contribution in [2.24, 2.45) is 5.16 Å². The standard InChI is InChI=1S/C26H26ClFN4O2/c1-17-15-31(16-29-17)24-6-5-18(11-25(24)33-2)10-19-4-3-8-32-23(7-9-34-30-26(19)32)20-12-21(27)14-22(28)13-20/h5-6,10-16,23H,3-4,7-9H2,1-2H3/b19-10+/t23-/m1/s1. The molecule has 5 rings (SSSR count). The second-order valence-electron chi connectivity index (χ2n) is 8.58. The zero-order valence-electron chi connectivity index (χ0n) is 19.2. The van der Waals surface area contributed by atoms with Crippen LogP contribution in [0.2, 0.25) is 5.02 Å². The molecule has 2 aromatic carbocycles. The SMILES string of the molecule is COc1cc(/C=C2\CCCN3C2=NOCC[C@@H]3c2cc(F)cc(Cl)c2)ccc1-n1cnc(C)c1. The first-order valence-electron chi connectivity index (χ1n) is 11.3. The summed E-state index contributed by atoms with van der Waals surface area (Å²) in [6.07, 6.45) is 8.41. The molecule has 6 nitrogen and oxygen atoms in total. The lowest BCUT2D eigenvalue weighted by Crippen LogP contribution is -2.39. The van der Waals surface area contributed by atoms with Gasteiger partial charge < -0.3 is 19.0 Å². The van der Waals surface area contributed by atoms with Gasteiger partial charge in [-0.2, -0.15) is 0 Å². The number of amidine groups is 1. The van der Waals surface area contributed by atoms with Crippen LogP contribution < -0.4 is 4.74 Å². The van der Waals surface area contributed by atoms with Crippen LogP contribution >= 0.6 is 11.6 Å². The summed E-state index contributed by atoms with van der Waals surface area (Å²) in [5, 5.41) is 4.85. The van der Waals surface area contributed by atoms with E-state index in [0.29, 0.717) is 18.1 Å². The average Bonchev–Trinajstić information content (AvgIpc) is 3.12. The minimum absolute atomic E-state index is 0.0560. The summed E-state index contributed by atoms with van der Waals surface area (Å²) in [6, 6.07) is 10.8. The minimum atomic E-state index is -0.334. The van der Waals surface area contributed by atoms with E-state index in [2.05, 4.69) is 27.2 Å². The molecule has 1 atom stereocenters. The Morgan fingerprint density at radius 2 is 2.12 bits per heavy atom. The van der Waals surface area contributed by atoms with E-state index in [1.807, 2.05) is 35.9 Å². The molecule has 0 amide bonds. The Hall–Kier alpha value is -3.32. The highest BCUT2D eigenvalue weighted by Crippen LogP contribution is 2.35. The molecular formula is C26H26ClFN4O2. The molecular weight excluding hydrogens is 455 g/mol. The van der Waals surface area contributed by atoms with Crippen molar-refractivity contribution in [3.8, 4) is 11.4 Å². The Balaban J connectivity index is 1.48. The predicted octanol–water partition coefficient (Wildman–Crippen LogP) is 5.94. The summed E-state index contributed by atoms with van der Waals surface area (Å²) >= 11 is 6.16. The Morgan fingerprint density at radius 3 is 2.88 bits per heavy atom. The fourth-order valence-corrected chi connectivity index (χ4v) is 4.92. The van der Waals surface area contributed by atoms with Crippen LogP contribution in [0.4, 0.5) is 4.39 Å². The number of piperidine rings is 1. The van der Waals surface area contributed by atoms with E-state index in [9.17, 15) is 4.39 Å². The number of rotatable bonds is 4. The van der Waals surface area contributed by atoms with E-state index in [-0.39, 0.29) is 11.9 Å². The molecule has 176 valence electrons. The lowest BCUT2D eigenvalue weighted by Gasteiger charge is -2.36. The highest BCUT2D eigenvalue weighted by molar-refractivity contribution is 6.30. The van der Waals surface area contributed by atoms with Gasteiger partial charge in [0.2, 0.25) is 0 Å². The molecule has 0 spiro atoms. The Bertz CT molecular complexity index is 1250. The fraction of sp³-hybridized carbons (Fsp3) is 0.308. The molecule has 3 heterocycles. The van der Waals surface area contributed by atoms with Gasteiger partial charge in [-0.25, -0.2) is 9.37 Å². The molecule has 1 fully saturated rings. The van der Waals surface area contributed by atoms with Crippen molar-refractivity contribution in [2.45, 2.75) is 32.2 Å². The molecule has 0 unspecified atom stereocenters. The van der Waals surface area contributed by atoms with E-state index in [1.54, 1.807) is 19.5 Å². The number of methoxy groups -OCH3 is 1. The van der Waals surface area contributed by atoms with Gasteiger partial charge in [0.25, 0.3) is 0 Å². The maximum atomic E-state index is 14.1. The van der Waals surface area contributed by atoms with Crippen LogP contribution in [0.3, 0.4) is 0 Å². The van der Waals surface area contributed by atoms with E-state index < -0.39 is 0 Å². The number of aromatic nitrogens is 2. The second-order valence-corrected chi connectivity index (χ2v) is 9.01. The quantitative estimate of drug-likeness (QED) is 0.464. The van der Waals surface area contributed by atoms with E-state index in [4.69, 9.17) is 21.2 Å². The number of hydrogen-bond donors (Lipinski definition) is 0. The van der Waals surface area contributed by atoms with Gasteiger partial charge in [-0.15, -0.1) is 0 Å². The molecule has 0 bridgehead atoms. The molecule has 3 aromatic rings. The van der Waals surface area contributed by atoms with Crippen LogP contribution in [-0.4, -0.2) is 40.5 Å². The second kappa shape index (κ2) is 9.50. The van der Waals surface area contributed by atoms with Crippen molar-refractivity contribution in [1.82, 2.24) is 14.5 Å². The van der Waals surface area contributed by atoms with Crippen molar-refractivity contribution in [2.75, 3.05) is 20.3 Å². The number of nitrogens with zero attached hydrogens (tertiary/aromatic N) is 4. The molecule has 34 heavy (non-hydrogen) atoms. The molecule has 0 N–H and O–H groups in total. The monoisotopic (exact) mass is 480 g/mol. The van der Waals surface area contributed by atoms with Crippen molar-refractivity contribution in [1.29, 1.82) is 0 Å². The number of aryl methyl sites for hydroxylation is 1. The van der Waals surface area contributed by atoms with Crippen LogP contribution in [0.5, 0.6) is 5.75 Å². The number of hydrogen-bond acceptors (Lipinski definition) is 5. The van der Waals surface area contributed by atoms with Crippen LogP contribution in [0.1, 0.15) is 42.1 Å². The van der Waals surface area contributed by atoms with Gasteiger partial charge >= 0.3 is 0 Å². The first kappa shape index (κ1) is 22.5. The number of imidazole rings is 1. The molecule has 8 heteroatoms. The smallest absolute Gasteiger partial charge is 0.171 e. The zero-order valence-corrected chi connectivity index (χ0v) is 19.9. The maximum Gasteiger partial charge on any atom is 0.171 e. The summed E-state index contributed by atoms with van der Waals surface area (Å²) in [5.74, 6) is 1.22. The van der Waals surface area contributed by atoms with Crippen LogP contribution in [-0.2, 0) is 4.84 Å². The Kier molecular flexibility index (Phi) is 6.28. The molecule has 1 saturated heterocycles. The van der Waals surface area contributed by atoms with Crippen molar-refractivity contribution in [3.05, 3.63) is 82.2 Å². The summed E-state index contributed by atoms with van der Waals surface area (Å²) < 4.78 is 21.7. The van der Waals surface area contributed by atoms with Gasteiger partial charge in [0, 0.05) is 24.2 Å². The molecule has 2 aliphatic rings. The highest BCUT2D eigenvalue weighted by atomic mass is 35.5. The Labute approximate surface area is 203 Å². The van der Waals surface area contributed by atoms with Crippen LogP contribution in [0.15, 0.2) is 59.7 Å². The molecule has 1 aromatic heterocycles. The minimum Gasteiger partial charge on any atom is -0.495 e. The van der Waals surface area contributed by atoms with Gasteiger partial charge in [0.1, 0.15) is 18.2 Å². The average molecular weight is 481 g/mol. The molecule has 0 aliphatic carbocycles. The van der Waals surface area contributed by atoms with Crippen LogP contribution in [0, 0.1) is 12.7 Å². The predicted molar refractivity (Wildman–Crippen MR) is 131 cm³/mol. The Morgan fingerprint density at radius 1 is 1.24 bits per heavy atom. The zero-order chi connectivity index (χ0) is 23.7. The highest BCUT2D eigenvalue weighted by Gasteiger charge is 2.31. The van der Waals surface area contributed by atoms with E-state index in [0.717, 1.165) is 59.1 Å². The van der Waals surface area contributed by atoms with Crippen LogP contribution in [0.25, 0.3) is 11.8 Å². The van der Waals surface area contributed by atoms with Gasteiger partial charge in [-0.1, -0.05) is 22.8 Å². The van der Waals surface area contributed by atoms with E-state index >= 15 is 0 Å². The lowest BCUT2D eigenvalue weighted by atomic mass is 9.95.